The van der Waals surface area contributed by atoms with Gasteiger partial charge >= 0.3 is 16.5 Å². The van der Waals surface area contributed by atoms with E-state index in [4.69, 9.17) is 18.1 Å². The average molecular weight is 1230 g/mol. The summed E-state index contributed by atoms with van der Waals surface area (Å²) in [6, 6.07) is 0. The quantitative estimate of drug-likeness (QED) is 0.0446. The zero-order valence-corrected chi connectivity index (χ0v) is 58.9. The third-order valence-corrected chi connectivity index (χ3v) is 18.6. The molecule has 0 heterocycles. The minimum Gasteiger partial charge on any atom is -0.311 e. The Bertz CT molecular complexity index is 954. The first kappa shape index (κ1) is 86.0. The largest absolute Gasteiger partial charge is 0.319 e. The van der Waals surface area contributed by atoms with Gasteiger partial charge in [-0.1, -0.05) is 413 Å². The molecule has 0 N–H and O–H groups in total. The molecule has 0 amide bonds. The number of hydrogen-bond acceptors (Lipinski definition) is 6. The van der Waals surface area contributed by atoms with E-state index in [0.717, 1.165) is 25.7 Å². The second-order valence-corrected chi connectivity index (χ2v) is 27.3. The van der Waals surface area contributed by atoms with Gasteiger partial charge in [0.25, 0.3) is 0 Å². The molecule has 493 valence electrons. The van der Waals surface area contributed by atoms with Crippen LogP contribution in [0.2, 0.25) is 0 Å². The minimum atomic E-state index is -2.28. The van der Waals surface area contributed by atoms with Crippen LogP contribution in [0.4, 0.5) is 0 Å². The number of unbranched alkanes of at least 4 members (excludes halogenated alkanes) is 60. The average Bonchev–Trinajstić information content (AvgIpc) is 3.46. The molecule has 0 spiro atoms. The van der Waals surface area contributed by atoms with Crippen molar-refractivity contribution >= 4 is 16.5 Å². The van der Waals surface area contributed by atoms with E-state index in [1.807, 2.05) is 0 Å². The fourth-order valence-corrected chi connectivity index (χ4v) is 12.7. The molecule has 0 saturated carbocycles. The van der Waals surface area contributed by atoms with Crippen LogP contribution in [0.1, 0.15) is 439 Å². The summed E-state index contributed by atoms with van der Waals surface area (Å²) in [6.45, 7) is 11.5. The summed E-state index contributed by atoms with van der Waals surface area (Å²) in [4.78, 5) is 0. The van der Waals surface area contributed by atoms with Crippen LogP contribution in [0.25, 0.3) is 0 Å². The molecule has 6 nitrogen and oxygen atoms in total. The fourth-order valence-electron chi connectivity index (χ4n) is 11.3. The maximum Gasteiger partial charge on any atom is 0.319 e. The number of rotatable bonds is 72. The van der Waals surface area contributed by atoms with Crippen molar-refractivity contribution in [1.82, 2.24) is 0 Å². The van der Waals surface area contributed by atoms with Crippen LogP contribution in [0.15, 0.2) is 0 Å². The van der Waals surface area contributed by atoms with Gasteiger partial charge in [0.2, 0.25) is 0 Å². The molecule has 0 rings (SSSR count). The number of hydrogen-bond donors (Lipinski definition) is 0. The van der Waals surface area contributed by atoms with E-state index in [9.17, 15) is 9.13 Å². The van der Waals surface area contributed by atoms with Gasteiger partial charge < -0.3 is 18.1 Å². The Kier molecular flexibility index (Phi) is 88.0. The monoisotopic (exact) mass is 1230 g/mol. The molecular formula is C72H150CoO6P2. The second-order valence-electron chi connectivity index (χ2n) is 25.1. The summed E-state index contributed by atoms with van der Waals surface area (Å²) in [5.41, 5.74) is 0. The Morgan fingerprint density at radius 3 is 0.346 bits per heavy atom. The summed E-state index contributed by atoms with van der Waals surface area (Å²) >= 11 is 0. The van der Waals surface area contributed by atoms with Gasteiger partial charge in [0, 0.05) is 16.8 Å². The van der Waals surface area contributed by atoms with Crippen molar-refractivity contribution in [3.63, 3.8) is 0 Å². The predicted molar refractivity (Wildman–Crippen MR) is 360 cm³/mol. The molecule has 0 atom stereocenters. The summed E-state index contributed by atoms with van der Waals surface area (Å²) in [7, 11) is -4.56. The molecule has 9 heteroatoms. The molecule has 0 unspecified atom stereocenters. The molecule has 0 fully saturated rings. The third kappa shape index (κ3) is 85.1. The maximum atomic E-state index is 11.9. The van der Waals surface area contributed by atoms with Crippen LogP contribution in [0, 0.1) is 0 Å². The minimum absolute atomic E-state index is 0. The summed E-state index contributed by atoms with van der Waals surface area (Å²) in [5, 5.41) is 0. The first-order valence-electron chi connectivity index (χ1n) is 37.2. The Morgan fingerprint density at radius 2 is 0.247 bits per heavy atom. The molecular weight excluding hydrogens is 1080 g/mol. The van der Waals surface area contributed by atoms with E-state index in [2.05, 4.69) is 27.7 Å². The summed E-state index contributed by atoms with van der Waals surface area (Å²) < 4.78 is 45.5. The second kappa shape index (κ2) is 82.9. The van der Waals surface area contributed by atoms with Gasteiger partial charge in [-0.2, -0.15) is 0 Å². The van der Waals surface area contributed by atoms with E-state index in [-0.39, 0.29) is 16.8 Å². The molecule has 0 aliphatic rings. The van der Waals surface area contributed by atoms with Crippen LogP contribution in [0.3, 0.4) is 0 Å². The van der Waals surface area contributed by atoms with Crippen molar-refractivity contribution in [3.8, 4) is 0 Å². The Balaban J connectivity index is -0.00000148. The van der Waals surface area contributed by atoms with Crippen LogP contribution in [-0.4, -0.2) is 26.4 Å². The van der Waals surface area contributed by atoms with Gasteiger partial charge in [-0.3, -0.25) is 9.13 Å². The van der Waals surface area contributed by atoms with Crippen molar-refractivity contribution < 1.29 is 44.0 Å². The van der Waals surface area contributed by atoms with Crippen molar-refractivity contribution in [2.75, 3.05) is 26.4 Å². The smallest absolute Gasteiger partial charge is 0.311 e. The molecule has 0 aromatic carbocycles. The fraction of sp³-hybridized carbons (Fsp3) is 1.00. The van der Waals surface area contributed by atoms with Crippen LogP contribution >= 0.6 is 16.5 Å². The molecule has 81 heavy (non-hydrogen) atoms. The molecule has 1 radical (unpaired) electrons. The van der Waals surface area contributed by atoms with Crippen molar-refractivity contribution in [2.45, 2.75) is 439 Å². The van der Waals surface area contributed by atoms with Crippen LogP contribution < -0.4 is 0 Å². The van der Waals surface area contributed by atoms with Gasteiger partial charge in [-0.15, -0.1) is 0 Å². The summed E-state index contributed by atoms with van der Waals surface area (Å²) in [6.07, 6.45) is 87.4. The van der Waals surface area contributed by atoms with Gasteiger partial charge in [0.15, 0.2) is 0 Å². The zero-order valence-electron chi connectivity index (χ0n) is 55.9. The van der Waals surface area contributed by atoms with E-state index in [1.54, 1.807) is 0 Å². The molecule has 0 aromatic heterocycles. The van der Waals surface area contributed by atoms with Gasteiger partial charge in [0.1, 0.15) is 0 Å². The first-order chi connectivity index (χ1) is 39.6. The van der Waals surface area contributed by atoms with E-state index in [0.29, 0.717) is 26.4 Å². The standard InChI is InChI=1S/2C36H75O3P.Co/c2*1-3-5-7-9-11-13-15-17-19-21-23-25-27-29-31-33-35-38-40(37)39-36-34-32-30-28-26-24-22-20-18-16-14-12-10-8-6-4-2;/h2*40H,3-36H2,1-2H3;. The van der Waals surface area contributed by atoms with Crippen molar-refractivity contribution in [2.24, 2.45) is 0 Å². The normalized spacial score (nSPS) is 11.5. The van der Waals surface area contributed by atoms with E-state index in [1.165, 1.54) is 385 Å². The predicted octanol–water partition coefficient (Wildman–Crippen LogP) is 27.9. The molecule has 0 aliphatic carbocycles. The van der Waals surface area contributed by atoms with E-state index < -0.39 is 16.5 Å². The first-order valence-corrected chi connectivity index (χ1v) is 39.7. The van der Waals surface area contributed by atoms with Crippen molar-refractivity contribution in [1.29, 1.82) is 0 Å². The third-order valence-electron chi connectivity index (χ3n) is 16.9. The van der Waals surface area contributed by atoms with Gasteiger partial charge in [0.05, 0.1) is 26.4 Å². The molecule has 0 aromatic rings. The Labute approximate surface area is 522 Å². The van der Waals surface area contributed by atoms with Crippen LogP contribution in [-0.2, 0) is 44.0 Å². The zero-order chi connectivity index (χ0) is 58.1. The Hall–Kier alpha value is 0.806. The molecule has 0 aliphatic heterocycles. The SMILES string of the molecule is CCCCCCCCCCCCCCCCCCO[PH](=O)OCCCCCCCCCCCCCCCCCC.CCCCCCCCCCCCCCCCCCO[PH](=O)OCCCCCCCCCCCCCCCCCC.[Co]. The van der Waals surface area contributed by atoms with Crippen LogP contribution in [0.5, 0.6) is 0 Å². The van der Waals surface area contributed by atoms with Gasteiger partial charge in [-0.25, -0.2) is 0 Å². The summed E-state index contributed by atoms with van der Waals surface area (Å²) in [5.74, 6) is 0. The topological polar surface area (TPSA) is 71.1 Å². The van der Waals surface area contributed by atoms with Gasteiger partial charge in [-0.05, 0) is 25.7 Å². The van der Waals surface area contributed by atoms with E-state index >= 15 is 0 Å². The van der Waals surface area contributed by atoms with Crippen molar-refractivity contribution in [3.05, 3.63) is 0 Å². The maximum absolute atomic E-state index is 11.9. The molecule has 0 saturated heterocycles. The Morgan fingerprint density at radius 1 is 0.160 bits per heavy atom. The molecule has 0 bridgehead atoms.